The van der Waals surface area contributed by atoms with E-state index in [2.05, 4.69) is 0 Å². The van der Waals surface area contributed by atoms with Gasteiger partial charge in [0.2, 0.25) is 0 Å². The third-order valence-corrected chi connectivity index (χ3v) is 3.21. The first-order valence-corrected chi connectivity index (χ1v) is 5.34. The normalized spacial score (nSPS) is 17.6. The first-order chi connectivity index (χ1) is 8.24. The van der Waals surface area contributed by atoms with E-state index in [1.165, 1.54) is 0 Å². The number of carbonyl (C=O) groups is 1. The smallest absolute Gasteiger partial charge is 0.416 e. The summed E-state index contributed by atoms with van der Waals surface area (Å²) in [6.45, 7) is 0. The Labute approximate surface area is 100 Å². The Kier molecular flexibility index (Phi) is 2.83. The minimum absolute atomic E-state index is 0.190. The summed E-state index contributed by atoms with van der Waals surface area (Å²) in [6.07, 6.45) is -4.00. The van der Waals surface area contributed by atoms with Gasteiger partial charge < -0.3 is 5.11 Å². The second-order valence-corrected chi connectivity index (χ2v) is 4.57. The topological polar surface area (TPSA) is 37.3 Å². The molecule has 1 saturated carbocycles. The van der Waals surface area contributed by atoms with E-state index >= 15 is 0 Å². The van der Waals surface area contributed by atoms with Crippen molar-refractivity contribution in [3.63, 3.8) is 0 Å². The molecule has 1 aromatic rings. The largest absolute Gasteiger partial charge is 0.481 e. The Morgan fingerprint density at radius 2 is 1.94 bits per heavy atom. The van der Waals surface area contributed by atoms with Crippen molar-refractivity contribution >= 4 is 5.97 Å². The zero-order valence-corrected chi connectivity index (χ0v) is 9.22. The molecule has 0 amide bonds. The van der Waals surface area contributed by atoms with E-state index in [1.807, 2.05) is 0 Å². The lowest BCUT2D eigenvalue weighted by molar-refractivity contribution is -0.143. The number of alkyl halides is 3. The van der Waals surface area contributed by atoms with Gasteiger partial charge in [-0.25, -0.2) is 4.39 Å². The number of rotatable bonds is 3. The molecular formula is C12H10F4O2. The first-order valence-electron chi connectivity index (χ1n) is 5.34. The summed E-state index contributed by atoms with van der Waals surface area (Å²) < 4.78 is 50.8. The molecule has 0 atom stereocenters. The molecule has 1 aliphatic rings. The van der Waals surface area contributed by atoms with Crippen LogP contribution in [0.2, 0.25) is 0 Å². The highest BCUT2D eigenvalue weighted by Crippen LogP contribution is 2.49. The summed E-state index contributed by atoms with van der Waals surface area (Å²) in [4.78, 5) is 10.9. The van der Waals surface area contributed by atoms with Crippen molar-refractivity contribution in [1.82, 2.24) is 0 Å². The van der Waals surface area contributed by atoms with Crippen LogP contribution >= 0.6 is 0 Å². The Morgan fingerprint density at radius 3 is 2.39 bits per heavy atom. The molecule has 0 unspecified atom stereocenters. The van der Waals surface area contributed by atoms with E-state index in [0.717, 1.165) is 6.07 Å². The summed E-state index contributed by atoms with van der Waals surface area (Å²) in [6, 6.07) is 2.08. The highest BCUT2D eigenvalue weighted by Gasteiger charge is 2.50. The van der Waals surface area contributed by atoms with Crippen LogP contribution in [0.25, 0.3) is 0 Å². The highest BCUT2D eigenvalue weighted by molar-refractivity contribution is 5.78. The van der Waals surface area contributed by atoms with Gasteiger partial charge in [0.1, 0.15) is 5.82 Å². The van der Waals surface area contributed by atoms with Crippen molar-refractivity contribution in [2.75, 3.05) is 0 Å². The van der Waals surface area contributed by atoms with E-state index in [-0.39, 0.29) is 12.0 Å². The third kappa shape index (κ3) is 2.32. The van der Waals surface area contributed by atoms with Gasteiger partial charge in [0, 0.05) is 0 Å². The number of carboxylic acids is 1. The van der Waals surface area contributed by atoms with Crippen LogP contribution in [0.1, 0.15) is 24.0 Å². The van der Waals surface area contributed by atoms with E-state index in [1.54, 1.807) is 0 Å². The number of halogens is 4. The summed E-state index contributed by atoms with van der Waals surface area (Å²) in [5, 5.41) is 8.94. The number of aliphatic carboxylic acids is 1. The lowest BCUT2D eigenvalue weighted by Crippen LogP contribution is -2.18. The highest BCUT2D eigenvalue weighted by atomic mass is 19.4. The summed E-state index contributed by atoms with van der Waals surface area (Å²) in [5.74, 6) is -1.88. The predicted molar refractivity (Wildman–Crippen MR) is 54.4 cm³/mol. The van der Waals surface area contributed by atoms with Crippen molar-refractivity contribution in [3.8, 4) is 0 Å². The van der Waals surface area contributed by atoms with Crippen LogP contribution in [-0.2, 0) is 17.4 Å². The number of hydrogen-bond acceptors (Lipinski definition) is 1. The molecule has 0 aromatic heterocycles. The molecule has 0 bridgehead atoms. The van der Waals surface area contributed by atoms with Crippen molar-refractivity contribution in [2.24, 2.45) is 5.41 Å². The molecule has 2 nitrogen and oxygen atoms in total. The Bertz CT molecular complexity index is 489. The maximum atomic E-state index is 13.4. The maximum Gasteiger partial charge on any atom is 0.416 e. The van der Waals surface area contributed by atoms with Crippen molar-refractivity contribution in [1.29, 1.82) is 0 Å². The summed E-state index contributed by atoms with van der Waals surface area (Å²) in [7, 11) is 0. The number of hydrogen-bond donors (Lipinski definition) is 1. The Hall–Kier alpha value is -1.59. The predicted octanol–water partition coefficient (Wildman–Crippen LogP) is 3.25. The standard InChI is InChI=1S/C12H10F4O2/c13-9-2-1-8(12(14,15)16)5-7(9)6-11(3-4-11)10(17)18/h1-2,5H,3-4,6H2,(H,17,18). The van der Waals surface area contributed by atoms with E-state index in [9.17, 15) is 22.4 Å². The van der Waals surface area contributed by atoms with E-state index in [4.69, 9.17) is 5.11 Å². The van der Waals surface area contributed by atoms with Gasteiger partial charge in [-0.15, -0.1) is 0 Å². The van der Waals surface area contributed by atoms with Gasteiger partial charge in [-0.05, 0) is 43.0 Å². The van der Waals surface area contributed by atoms with Crippen LogP contribution in [0, 0.1) is 11.2 Å². The fraction of sp³-hybridized carbons (Fsp3) is 0.417. The van der Waals surface area contributed by atoms with Gasteiger partial charge in [0.25, 0.3) is 0 Å². The average Bonchev–Trinajstić information content (AvgIpc) is 3.00. The van der Waals surface area contributed by atoms with Crippen molar-refractivity contribution in [2.45, 2.75) is 25.4 Å². The molecule has 0 aliphatic heterocycles. The van der Waals surface area contributed by atoms with Gasteiger partial charge in [0.15, 0.2) is 0 Å². The summed E-state index contributed by atoms with van der Waals surface area (Å²) in [5.41, 5.74) is -2.23. The SMILES string of the molecule is O=C(O)C1(Cc2cc(C(F)(F)F)ccc2F)CC1. The molecule has 6 heteroatoms. The van der Waals surface area contributed by atoms with E-state index in [0.29, 0.717) is 25.0 Å². The lowest BCUT2D eigenvalue weighted by atomic mass is 9.95. The maximum absolute atomic E-state index is 13.4. The molecule has 0 heterocycles. The quantitative estimate of drug-likeness (QED) is 0.849. The van der Waals surface area contributed by atoms with Gasteiger partial charge in [-0.2, -0.15) is 13.2 Å². The second-order valence-electron chi connectivity index (χ2n) is 4.57. The second kappa shape index (κ2) is 3.96. The molecule has 1 N–H and O–H groups in total. The van der Waals surface area contributed by atoms with Crippen molar-refractivity contribution in [3.05, 3.63) is 35.1 Å². The van der Waals surface area contributed by atoms with Crippen LogP contribution in [0.15, 0.2) is 18.2 Å². The molecule has 1 fully saturated rings. The summed E-state index contributed by atoms with van der Waals surface area (Å²) >= 11 is 0. The van der Waals surface area contributed by atoms with Crippen LogP contribution in [0.4, 0.5) is 17.6 Å². The molecule has 2 rings (SSSR count). The van der Waals surface area contributed by atoms with Crippen LogP contribution in [0.5, 0.6) is 0 Å². The molecule has 98 valence electrons. The Morgan fingerprint density at radius 1 is 1.33 bits per heavy atom. The van der Waals surface area contributed by atoms with Crippen LogP contribution in [0.3, 0.4) is 0 Å². The minimum atomic E-state index is -4.55. The molecule has 0 spiro atoms. The van der Waals surface area contributed by atoms with Crippen LogP contribution in [-0.4, -0.2) is 11.1 Å². The molecule has 1 aromatic carbocycles. The van der Waals surface area contributed by atoms with Gasteiger partial charge in [-0.3, -0.25) is 4.79 Å². The fourth-order valence-corrected chi connectivity index (χ4v) is 1.87. The lowest BCUT2D eigenvalue weighted by Gasteiger charge is -2.13. The number of benzene rings is 1. The Balaban J connectivity index is 2.31. The molecule has 18 heavy (non-hydrogen) atoms. The fourth-order valence-electron chi connectivity index (χ4n) is 1.87. The molecule has 0 saturated heterocycles. The van der Waals surface area contributed by atoms with Crippen LogP contribution < -0.4 is 0 Å². The zero-order valence-electron chi connectivity index (χ0n) is 9.22. The van der Waals surface area contributed by atoms with E-state index < -0.39 is 28.9 Å². The van der Waals surface area contributed by atoms with Gasteiger partial charge in [-0.1, -0.05) is 0 Å². The van der Waals surface area contributed by atoms with Gasteiger partial charge in [0.05, 0.1) is 11.0 Å². The van der Waals surface area contributed by atoms with Gasteiger partial charge >= 0.3 is 12.1 Å². The number of carboxylic acid groups (broad SMARTS) is 1. The average molecular weight is 262 g/mol. The third-order valence-electron chi connectivity index (χ3n) is 3.21. The first kappa shape index (κ1) is 12.9. The minimum Gasteiger partial charge on any atom is -0.481 e. The van der Waals surface area contributed by atoms with Crippen molar-refractivity contribution < 1.29 is 27.5 Å². The monoisotopic (exact) mass is 262 g/mol. The zero-order chi connectivity index (χ0) is 13.6. The molecule has 1 aliphatic carbocycles. The molecular weight excluding hydrogens is 252 g/mol. The molecule has 0 radical (unpaired) electrons.